The molecule has 4 heterocycles. The van der Waals surface area contributed by atoms with Gasteiger partial charge in [0, 0.05) is 18.6 Å². The highest BCUT2D eigenvalue weighted by Crippen LogP contribution is 2.27. The Labute approximate surface area is 153 Å². The van der Waals surface area contributed by atoms with E-state index in [1.165, 1.54) is 0 Å². The van der Waals surface area contributed by atoms with E-state index in [0.29, 0.717) is 11.1 Å². The van der Waals surface area contributed by atoms with Crippen LogP contribution >= 0.6 is 11.6 Å². The predicted molar refractivity (Wildman–Crippen MR) is 104 cm³/mol. The highest BCUT2D eigenvalue weighted by Gasteiger charge is 2.09. The molecule has 1 aromatic carbocycles. The molecule has 0 aliphatic carbocycles. The van der Waals surface area contributed by atoms with Gasteiger partial charge in [0.25, 0.3) is 0 Å². The summed E-state index contributed by atoms with van der Waals surface area (Å²) in [5.41, 5.74) is 6.54. The van der Waals surface area contributed by atoms with E-state index in [1.54, 1.807) is 18.5 Å². The van der Waals surface area contributed by atoms with E-state index in [2.05, 4.69) is 42.4 Å². The van der Waals surface area contributed by atoms with Crippen molar-refractivity contribution in [2.45, 2.75) is 0 Å². The number of pyridine rings is 2. The largest absolute Gasteiger partial charge is 0.358 e. The highest BCUT2D eigenvalue weighted by atomic mass is 35.5. The molecule has 0 fully saturated rings. The third-order valence-electron chi connectivity index (χ3n) is 4.24. The van der Waals surface area contributed by atoms with Crippen molar-refractivity contribution in [1.82, 2.24) is 24.9 Å². The molecule has 7 heteroatoms. The summed E-state index contributed by atoms with van der Waals surface area (Å²) in [6.07, 6.45) is 5.42. The molecule has 0 amide bonds. The van der Waals surface area contributed by atoms with Crippen molar-refractivity contribution in [3.63, 3.8) is 0 Å². The van der Waals surface area contributed by atoms with E-state index < -0.39 is 0 Å². The van der Waals surface area contributed by atoms with Crippen LogP contribution < -0.4 is 5.32 Å². The van der Waals surface area contributed by atoms with Crippen LogP contribution in [0.25, 0.3) is 33.2 Å². The molecule has 0 spiro atoms. The van der Waals surface area contributed by atoms with Gasteiger partial charge in [-0.3, -0.25) is 4.98 Å². The molecule has 6 nitrogen and oxygen atoms in total. The highest BCUT2D eigenvalue weighted by molar-refractivity contribution is 6.29. The van der Waals surface area contributed by atoms with Crippen molar-refractivity contribution in [2.24, 2.45) is 0 Å². The number of aromatic amines is 2. The van der Waals surface area contributed by atoms with Gasteiger partial charge in [-0.05, 0) is 47.5 Å². The van der Waals surface area contributed by atoms with Crippen LogP contribution in [-0.2, 0) is 0 Å². The lowest BCUT2D eigenvalue weighted by atomic mass is 10.1. The minimum absolute atomic E-state index is 0.451. The topological polar surface area (TPSA) is 82.3 Å². The van der Waals surface area contributed by atoms with Crippen molar-refractivity contribution < 1.29 is 0 Å². The molecule has 0 aliphatic rings. The smallest absolute Gasteiger partial charge is 0.205 e. The molecule has 3 N–H and O–H groups in total. The second kappa shape index (κ2) is 5.86. The van der Waals surface area contributed by atoms with E-state index >= 15 is 0 Å². The average Bonchev–Trinajstić information content (AvgIpc) is 3.25. The number of fused-ring (bicyclic) bond motifs is 2. The van der Waals surface area contributed by atoms with Crippen molar-refractivity contribution in [2.75, 3.05) is 5.32 Å². The van der Waals surface area contributed by atoms with Crippen molar-refractivity contribution in [1.29, 1.82) is 0 Å². The van der Waals surface area contributed by atoms with Gasteiger partial charge in [-0.25, -0.2) is 9.97 Å². The number of aromatic nitrogens is 5. The lowest BCUT2D eigenvalue weighted by Crippen LogP contribution is -1.91. The summed E-state index contributed by atoms with van der Waals surface area (Å²) in [6.45, 7) is 0. The Bertz CT molecular complexity index is 1220. The normalized spacial score (nSPS) is 11.3. The van der Waals surface area contributed by atoms with E-state index in [4.69, 9.17) is 11.6 Å². The van der Waals surface area contributed by atoms with Crippen LogP contribution in [0.5, 0.6) is 0 Å². The minimum Gasteiger partial charge on any atom is -0.358 e. The van der Waals surface area contributed by atoms with Crippen LogP contribution in [-0.4, -0.2) is 24.9 Å². The first-order valence-corrected chi connectivity index (χ1v) is 8.45. The third kappa shape index (κ3) is 2.57. The Morgan fingerprint density at radius 1 is 0.885 bits per heavy atom. The molecule has 0 saturated heterocycles. The Morgan fingerprint density at radius 2 is 1.73 bits per heavy atom. The van der Waals surface area contributed by atoms with E-state index in [-0.39, 0.29) is 0 Å². The van der Waals surface area contributed by atoms with E-state index in [1.807, 2.05) is 30.5 Å². The van der Waals surface area contributed by atoms with Crippen molar-refractivity contribution >= 4 is 45.3 Å². The lowest BCUT2D eigenvalue weighted by molar-refractivity contribution is 1.31. The van der Waals surface area contributed by atoms with E-state index in [9.17, 15) is 0 Å². The molecule has 0 aliphatic heterocycles. The molecule has 26 heavy (non-hydrogen) atoms. The van der Waals surface area contributed by atoms with Gasteiger partial charge in [0.2, 0.25) is 5.95 Å². The Kier molecular flexibility index (Phi) is 3.36. The van der Waals surface area contributed by atoms with Crippen LogP contribution in [0, 0.1) is 0 Å². The Balaban J connectivity index is 1.52. The van der Waals surface area contributed by atoms with Crippen molar-refractivity contribution in [3.05, 3.63) is 66.2 Å². The molecule has 0 bridgehead atoms. The molecule has 5 rings (SSSR count). The average molecular weight is 361 g/mol. The zero-order valence-corrected chi connectivity index (χ0v) is 14.2. The molecule has 0 atom stereocenters. The van der Waals surface area contributed by atoms with Gasteiger partial charge in [0.1, 0.15) is 10.7 Å². The zero-order valence-electron chi connectivity index (χ0n) is 13.5. The van der Waals surface area contributed by atoms with Gasteiger partial charge in [-0.2, -0.15) is 0 Å². The number of rotatable bonds is 3. The SMILES string of the molecule is Clc1ccc2[nH]cc(Nc3nc4cc(-c5ccncc5)ccc4[nH]3)c2n1. The summed E-state index contributed by atoms with van der Waals surface area (Å²) in [5, 5.41) is 3.72. The summed E-state index contributed by atoms with van der Waals surface area (Å²) in [6, 6.07) is 13.8. The number of hydrogen-bond donors (Lipinski definition) is 3. The number of hydrogen-bond acceptors (Lipinski definition) is 4. The summed E-state index contributed by atoms with van der Waals surface area (Å²) in [7, 11) is 0. The third-order valence-corrected chi connectivity index (χ3v) is 4.45. The standard InChI is InChI=1S/C19H13ClN6/c20-17-4-3-14-18(26-17)16(10-22-14)25-19-23-13-2-1-12(9-15(13)24-19)11-5-7-21-8-6-11/h1-10,22H,(H2,23,24,25). The maximum absolute atomic E-state index is 6.01. The number of imidazole rings is 1. The molecule has 126 valence electrons. The first kappa shape index (κ1) is 14.9. The molecule has 0 unspecified atom stereocenters. The van der Waals surface area contributed by atoms with Gasteiger partial charge >= 0.3 is 0 Å². The van der Waals surface area contributed by atoms with Gasteiger partial charge in [-0.1, -0.05) is 17.7 Å². The number of halogens is 1. The zero-order chi connectivity index (χ0) is 17.5. The minimum atomic E-state index is 0.451. The number of nitrogens with one attached hydrogen (secondary N) is 3. The van der Waals surface area contributed by atoms with Crippen LogP contribution in [0.4, 0.5) is 11.6 Å². The fraction of sp³-hybridized carbons (Fsp3) is 0. The molecule has 5 aromatic rings. The molecule has 0 saturated carbocycles. The summed E-state index contributed by atoms with van der Waals surface area (Å²) in [4.78, 5) is 19.5. The number of nitrogens with zero attached hydrogens (tertiary/aromatic N) is 3. The van der Waals surface area contributed by atoms with Gasteiger partial charge < -0.3 is 15.3 Å². The van der Waals surface area contributed by atoms with Crippen LogP contribution in [0.1, 0.15) is 0 Å². The Hall–Kier alpha value is -3.38. The summed E-state index contributed by atoms with van der Waals surface area (Å²) >= 11 is 6.01. The summed E-state index contributed by atoms with van der Waals surface area (Å²) in [5.74, 6) is 0.648. The van der Waals surface area contributed by atoms with Gasteiger partial charge in [0.05, 0.1) is 22.2 Å². The fourth-order valence-corrected chi connectivity index (χ4v) is 3.13. The molecular weight excluding hydrogens is 348 g/mol. The second-order valence-electron chi connectivity index (χ2n) is 5.91. The first-order chi connectivity index (χ1) is 12.8. The van der Waals surface area contributed by atoms with Crippen LogP contribution in [0.2, 0.25) is 5.15 Å². The monoisotopic (exact) mass is 360 g/mol. The van der Waals surface area contributed by atoms with E-state index in [0.717, 1.165) is 38.9 Å². The van der Waals surface area contributed by atoms with Gasteiger partial charge in [-0.15, -0.1) is 0 Å². The van der Waals surface area contributed by atoms with Crippen LogP contribution in [0.15, 0.2) is 61.1 Å². The fourth-order valence-electron chi connectivity index (χ4n) is 2.99. The molecule has 0 radical (unpaired) electrons. The number of benzene rings is 1. The van der Waals surface area contributed by atoms with Crippen LogP contribution in [0.3, 0.4) is 0 Å². The number of anilines is 2. The quantitative estimate of drug-likeness (QED) is 0.400. The number of H-pyrrole nitrogens is 2. The second-order valence-corrected chi connectivity index (χ2v) is 6.30. The lowest BCUT2D eigenvalue weighted by Gasteiger charge is -1.99. The Morgan fingerprint density at radius 3 is 2.62 bits per heavy atom. The summed E-state index contributed by atoms with van der Waals surface area (Å²) < 4.78 is 0. The first-order valence-electron chi connectivity index (χ1n) is 8.07. The maximum Gasteiger partial charge on any atom is 0.205 e. The predicted octanol–water partition coefficient (Wildman–Crippen LogP) is 4.90. The molecular formula is C19H13ClN6. The molecule has 4 aromatic heterocycles. The maximum atomic E-state index is 6.01. The van der Waals surface area contributed by atoms with Crippen molar-refractivity contribution in [3.8, 4) is 11.1 Å². The van der Waals surface area contributed by atoms with Gasteiger partial charge in [0.15, 0.2) is 0 Å².